The lowest BCUT2D eigenvalue weighted by Gasteiger charge is -2.36. The maximum Gasteiger partial charge on any atom is 0.263 e. The van der Waals surface area contributed by atoms with E-state index in [1.54, 1.807) is 45.4 Å². The molecule has 1 aliphatic rings. The van der Waals surface area contributed by atoms with Crippen LogP contribution < -0.4 is 14.2 Å². The molecule has 3 rings (SSSR count). The summed E-state index contributed by atoms with van der Waals surface area (Å²) in [6.07, 6.45) is -0.557. The number of piperazine rings is 1. The lowest BCUT2D eigenvalue weighted by Crippen LogP contribution is -2.51. The molecule has 1 fully saturated rings. The van der Waals surface area contributed by atoms with Gasteiger partial charge >= 0.3 is 0 Å². The molecular weight excluding hydrogens is 392 g/mol. The van der Waals surface area contributed by atoms with Gasteiger partial charge in [-0.25, -0.2) is 0 Å². The number of rotatable bonds is 7. The van der Waals surface area contributed by atoms with Crippen LogP contribution in [0.5, 0.6) is 17.2 Å². The summed E-state index contributed by atoms with van der Waals surface area (Å²) in [6, 6.07) is 12.9. The van der Waals surface area contributed by atoms with Crippen LogP contribution in [0.2, 0.25) is 5.02 Å². The second-order valence-corrected chi connectivity index (χ2v) is 7.43. The molecule has 0 radical (unpaired) electrons. The van der Waals surface area contributed by atoms with Crippen molar-refractivity contribution in [1.82, 2.24) is 9.80 Å². The molecule has 156 valence electrons. The molecule has 1 unspecified atom stereocenters. The van der Waals surface area contributed by atoms with Crippen molar-refractivity contribution < 1.29 is 19.0 Å². The van der Waals surface area contributed by atoms with E-state index in [0.29, 0.717) is 23.9 Å². The summed E-state index contributed by atoms with van der Waals surface area (Å²) < 4.78 is 16.6. The summed E-state index contributed by atoms with van der Waals surface area (Å²) in [7, 11) is 3.33. The summed E-state index contributed by atoms with van der Waals surface area (Å²) in [4.78, 5) is 16.9. The first-order valence-corrected chi connectivity index (χ1v) is 10.0. The fraction of sp³-hybridized carbons (Fsp3) is 0.409. The fourth-order valence-electron chi connectivity index (χ4n) is 3.42. The molecule has 1 heterocycles. The van der Waals surface area contributed by atoms with E-state index in [0.717, 1.165) is 36.7 Å². The Kier molecular flexibility index (Phi) is 7.23. The van der Waals surface area contributed by atoms with Gasteiger partial charge in [0.05, 0.1) is 14.2 Å². The van der Waals surface area contributed by atoms with Gasteiger partial charge in [0.25, 0.3) is 5.91 Å². The molecule has 6 nitrogen and oxygen atoms in total. The maximum atomic E-state index is 12.7. The standard InChI is InChI=1S/C22H27ClN2O4/c1-16(29-20-6-4-5-18(23)14-20)22(26)25-11-9-24(10-12-25)15-17-13-19(27-2)7-8-21(17)28-3/h4-8,13-14,16H,9-12,15H2,1-3H3. The molecule has 0 spiro atoms. The number of carbonyl (C=O) groups is 1. The Bertz CT molecular complexity index is 837. The quantitative estimate of drug-likeness (QED) is 0.689. The largest absolute Gasteiger partial charge is 0.497 e. The minimum absolute atomic E-state index is 0.0106. The van der Waals surface area contributed by atoms with Crippen molar-refractivity contribution in [1.29, 1.82) is 0 Å². The van der Waals surface area contributed by atoms with E-state index >= 15 is 0 Å². The molecule has 0 aliphatic carbocycles. The van der Waals surface area contributed by atoms with E-state index in [4.69, 9.17) is 25.8 Å². The van der Waals surface area contributed by atoms with Crippen LogP contribution in [0.3, 0.4) is 0 Å². The lowest BCUT2D eigenvalue weighted by molar-refractivity contribution is -0.139. The van der Waals surface area contributed by atoms with Gasteiger partial charge in [0.1, 0.15) is 17.2 Å². The third-order valence-electron chi connectivity index (χ3n) is 5.02. The van der Waals surface area contributed by atoms with E-state index in [-0.39, 0.29) is 5.91 Å². The van der Waals surface area contributed by atoms with Crippen LogP contribution in [0.15, 0.2) is 42.5 Å². The van der Waals surface area contributed by atoms with Crippen molar-refractivity contribution in [3.8, 4) is 17.2 Å². The van der Waals surface area contributed by atoms with Gasteiger partial charge in [0.2, 0.25) is 0 Å². The summed E-state index contributed by atoms with van der Waals surface area (Å²) in [6.45, 7) is 5.42. The summed E-state index contributed by atoms with van der Waals surface area (Å²) in [5.41, 5.74) is 1.07. The summed E-state index contributed by atoms with van der Waals surface area (Å²) >= 11 is 5.98. The molecule has 1 aliphatic heterocycles. The molecule has 1 amide bonds. The average Bonchev–Trinajstić information content (AvgIpc) is 2.73. The minimum atomic E-state index is -0.557. The summed E-state index contributed by atoms with van der Waals surface area (Å²) in [5, 5.41) is 0.587. The molecule has 2 aromatic rings. The Balaban J connectivity index is 1.54. The number of benzene rings is 2. The number of methoxy groups -OCH3 is 2. The highest BCUT2D eigenvalue weighted by molar-refractivity contribution is 6.30. The van der Waals surface area contributed by atoms with Gasteiger partial charge in [-0.05, 0) is 43.3 Å². The third kappa shape index (κ3) is 5.55. The maximum absolute atomic E-state index is 12.7. The molecule has 0 N–H and O–H groups in total. The van der Waals surface area contributed by atoms with Gasteiger partial charge in [0, 0.05) is 43.3 Å². The van der Waals surface area contributed by atoms with Crippen LogP contribution in [-0.2, 0) is 11.3 Å². The van der Waals surface area contributed by atoms with Crippen LogP contribution in [0, 0.1) is 0 Å². The highest BCUT2D eigenvalue weighted by Gasteiger charge is 2.26. The Hall–Kier alpha value is -2.44. The highest BCUT2D eigenvalue weighted by Crippen LogP contribution is 2.26. The number of amides is 1. The van der Waals surface area contributed by atoms with Gasteiger partial charge in [-0.3, -0.25) is 9.69 Å². The normalized spacial score (nSPS) is 15.7. The number of carbonyl (C=O) groups excluding carboxylic acids is 1. The first kappa shape index (κ1) is 21.3. The Morgan fingerprint density at radius 2 is 1.79 bits per heavy atom. The first-order valence-electron chi connectivity index (χ1n) is 9.64. The predicted molar refractivity (Wildman–Crippen MR) is 113 cm³/mol. The Morgan fingerprint density at radius 3 is 2.45 bits per heavy atom. The number of hydrogen-bond acceptors (Lipinski definition) is 5. The molecule has 1 atom stereocenters. The second-order valence-electron chi connectivity index (χ2n) is 7.00. The van der Waals surface area contributed by atoms with Crippen LogP contribution in [0.4, 0.5) is 0 Å². The zero-order valence-electron chi connectivity index (χ0n) is 17.1. The van der Waals surface area contributed by atoms with Crippen LogP contribution in [0.25, 0.3) is 0 Å². The van der Waals surface area contributed by atoms with Crippen LogP contribution in [0.1, 0.15) is 12.5 Å². The van der Waals surface area contributed by atoms with Crippen molar-refractivity contribution in [3.63, 3.8) is 0 Å². The number of nitrogens with zero attached hydrogens (tertiary/aromatic N) is 2. The van der Waals surface area contributed by atoms with Gasteiger partial charge in [-0.2, -0.15) is 0 Å². The van der Waals surface area contributed by atoms with Crippen molar-refractivity contribution >= 4 is 17.5 Å². The molecule has 0 bridgehead atoms. The Labute approximate surface area is 176 Å². The van der Waals surface area contributed by atoms with E-state index in [9.17, 15) is 4.79 Å². The van der Waals surface area contributed by atoms with Gasteiger partial charge < -0.3 is 19.1 Å². The SMILES string of the molecule is COc1ccc(OC)c(CN2CCN(C(=O)C(C)Oc3cccc(Cl)c3)CC2)c1. The molecular formula is C22H27ClN2O4. The smallest absolute Gasteiger partial charge is 0.263 e. The zero-order chi connectivity index (χ0) is 20.8. The topological polar surface area (TPSA) is 51.2 Å². The molecule has 1 saturated heterocycles. The zero-order valence-corrected chi connectivity index (χ0v) is 17.8. The van der Waals surface area contributed by atoms with Gasteiger partial charge in [-0.15, -0.1) is 0 Å². The minimum Gasteiger partial charge on any atom is -0.497 e. The number of hydrogen-bond donors (Lipinski definition) is 0. The summed E-state index contributed by atoms with van der Waals surface area (Å²) in [5.74, 6) is 2.24. The molecule has 29 heavy (non-hydrogen) atoms. The van der Waals surface area contributed by atoms with Gasteiger partial charge in [-0.1, -0.05) is 17.7 Å². The van der Waals surface area contributed by atoms with Crippen LogP contribution >= 0.6 is 11.6 Å². The van der Waals surface area contributed by atoms with Crippen molar-refractivity contribution in [2.75, 3.05) is 40.4 Å². The van der Waals surface area contributed by atoms with Crippen molar-refractivity contribution in [2.24, 2.45) is 0 Å². The highest BCUT2D eigenvalue weighted by atomic mass is 35.5. The predicted octanol–water partition coefficient (Wildman–Crippen LogP) is 3.47. The van der Waals surface area contributed by atoms with Crippen molar-refractivity contribution in [2.45, 2.75) is 19.6 Å². The van der Waals surface area contributed by atoms with E-state index in [1.807, 2.05) is 23.1 Å². The van der Waals surface area contributed by atoms with Crippen LogP contribution in [-0.4, -0.2) is 62.2 Å². The molecule has 0 saturated carbocycles. The first-order chi connectivity index (χ1) is 14.0. The van der Waals surface area contributed by atoms with E-state index in [2.05, 4.69) is 4.90 Å². The fourth-order valence-corrected chi connectivity index (χ4v) is 3.60. The van der Waals surface area contributed by atoms with Crippen molar-refractivity contribution in [3.05, 3.63) is 53.1 Å². The average molecular weight is 419 g/mol. The number of ether oxygens (including phenoxy) is 3. The lowest BCUT2D eigenvalue weighted by atomic mass is 10.1. The molecule has 7 heteroatoms. The molecule has 0 aromatic heterocycles. The number of halogens is 1. The third-order valence-corrected chi connectivity index (χ3v) is 5.26. The Morgan fingerprint density at radius 1 is 1.03 bits per heavy atom. The van der Waals surface area contributed by atoms with E-state index in [1.165, 1.54) is 0 Å². The molecule has 2 aromatic carbocycles. The van der Waals surface area contributed by atoms with E-state index < -0.39 is 6.10 Å². The second kappa shape index (κ2) is 9.85. The monoisotopic (exact) mass is 418 g/mol. The van der Waals surface area contributed by atoms with Gasteiger partial charge in [0.15, 0.2) is 6.10 Å².